The fourth-order valence-corrected chi connectivity index (χ4v) is 1.26. The Hall–Kier alpha value is -1.32. The van der Waals surface area contributed by atoms with E-state index in [1.807, 2.05) is 6.92 Å². The molecule has 0 aliphatic rings. The molecule has 14 heavy (non-hydrogen) atoms. The molecule has 0 radical (unpaired) electrons. The smallest absolute Gasteiger partial charge is 0.182 e. The van der Waals surface area contributed by atoms with Crippen LogP contribution >= 0.6 is 0 Å². The largest absolute Gasteiger partial charge is 0.491 e. The predicted molar refractivity (Wildman–Crippen MR) is 56.4 cm³/mol. The maximum Gasteiger partial charge on any atom is 0.182 e. The average molecular weight is 195 g/mol. The minimum Gasteiger partial charge on any atom is -0.491 e. The van der Waals surface area contributed by atoms with Gasteiger partial charge in [0.15, 0.2) is 11.6 Å². The first kappa shape index (κ1) is 10.8. The molecule has 0 bridgehead atoms. The maximum absolute atomic E-state index is 5.75. The minimum atomic E-state index is 0.335. The summed E-state index contributed by atoms with van der Waals surface area (Å²) in [5.74, 6) is 2.14. The summed E-state index contributed by atoms with van der Waals surface area (Å²) in [6.07, 6.45) is 1.01. The Bertz CT molecular complexity index is 302. The summed E-state index contributed by atoms with van der Waals surface area (Å²) < 4.78 is 5.09. The fraction of sp³-hybridized carbons (Fsp3) is 0.600. The Balaban J connectivity index is 3.13. The predicted octanol–water partition coefficient (Wildman–Crippen LogP) is 1.89. The van der Waals surface area contributed by atoms with E-state index in [1.54, 1.807) is 7.11 Å². The number of anilines is 1. The minimum absolute atomic E-state index is 0.335. The first-order valence-electron chi connectivity index (χ1n) is 4.78. The Morgan fingerprint density at radius 2 is 2.07 bits per heavy atom. The van der Waals surface area contributed by atoms with Crippen LogP contribution in [0.5, 0.6) is 5.75 Å². The molecule has 1 atom stereocenters. The summed E-state index contributed by atoms with van der Waals surface area (Å²) in [6.45, 7) is 6.06. The number of aromatic nitrogens is 2. The highest BCUT2D eigenvalue weighted by Crippen LogP contribution is 2.25. The van der Waals surface area contributed by atoms with Crippen molar-refractivity contribution in [3.63, 3.8) is 0 Å². The standard InChI is InChI=1S/C10H17N3O/c1-5-6(2)10-12-7(3)8(14-4)9(11)13-10/h6H,5H2,1-4H3,(H2,11,12,13). The zero-order chi connectivity index (χ0) is 10.7. The molecule has 2 N–H and O–H groups in total. The zero-order valence-electron chi connectivity index (χ0n) is 9.16. The van der Waals surface area contributed by atoms with Crippen LogP contribution in [0.3, 0.4) is 0 Å². The number of hydrogen-bond acceptors (Lipinski definition) is 4. The zero-order valence-corrected chi connectivity index (χ0v) is 9.16. The van der Waals surface area contributed by atoms with Crippen molar-refractivity contribution in [2.45, 2.75) is 33.1 Å². The molecule has 0 amide bonds. The number of methoxy groups -OCH3 is 1. The number of aryl methyl sites for hydroxylation is 1. The third-order valence-corrected chi connectivity index (χ3v) is 2.34. The van der Waals surface area contributed by atoms with Crippen molar-refractivity contribution in [3.8, 4) is 5.75 Å². The Kier molecular flexibility index (Phi) is 3.28. The molecule has 1 rings (SSSR count). The number of rotatable bonds is 3. The van der Waals surface area contributed by atoms with Gasteiger partial charge in [0.2, 0.25) is 0 Å². The van der Waals surface area contributed by atoms with Gasteiger partial charge in [-0.1, -0.05) is 13.8 Å². The highest BCUT2D eigenvalue weighted by atomic mass is 16.5. The Morgan fingerprint density at radius 1 is 1.43 bits per heavy atom. The number of nitrogens with two attached hydrogens (primary N) is 1. The Morgan fingerprint density at radius 3 is 2.50 bits per heavy atom. The van der Waals surface area contributed by atoms with Gasteiger partial charge in [0, 0.05) is 5.92 Å². The molecule has 0 aliphatic carbocycles. The lowest BCUT2D eigenvalue weighted by atomic mass is 10.1. The van der Waals surface area contributed by atoms with Crippen molar-refractivity contribution in [1.82, 2.24) is 9.97 Å². The van der Waals surface area contributed by atoms with E-state index in [4.69, 9.17) is 10.5 Å². The van der Waals surface area contributed by atoms with Crippen LogP contribution < -0.4 is 10.5 Å². The van der Waals surface area contributed by atoms with Crippen LogP contribution in [0.15, 0.2) is 0 Å². The molecule has 1 aromatic heterocycles. The lowest BCUT2D eigenvalue weighted by molar-refractivity contribution is 0.408. The molecular formula is C10H17N3O. The van der Waals surface area contributed by atoms with E-state index >= 15 is 0 Å². The molecule has 0 aromatic carbocycles. The summed E-state index contributed by atoms with van der Waals surface area (Å²) in [6, 6.07) is 0. The lowest BCUT2D eigenvalue weighted by Crippen LogP contribution is -2.07. The summed E-state index contributed by atoms with van der Waals surface area (Å²) >= 11 is 0. The second-order valence-electron chi connectivity index (χ2n) is 3.40. The molecular weight excluding hydrogens is 178 g/mol. The van der Waals surface area contributed by atoms with Gasteiger partial charge in [-0.15, -0.1) is 0 Å². The van der Waals surface area contributed by atoms with Crippen molar-refractivity contribution >= 4 is 5.82 Å². The van der Waals surface area contributed by atoms with Gasteiger partial charge in [0.05, 0.1) is 12.8 Å². The third-order valence-electron chi connectivity index (χ3n) is 2.34. The van der Waals surface area contributed by atoms with Gasteiger partial charge in [-0.05, 0) is 13.3 Å². The molecule has 4 nitrogen and oxygen atoms in total. The number of nitrogen functional groups attached to an aromatic ring is 1. The van der Waals surface area contributed by atoms with E-state index in [2.05, 4.69) is 23.8 Å². The molecule has 1 unspecified atom stereocenters. The van der Waals surface area contributed by atoms with Gasteiger partial charge < -0.3 is 10.5 Å². The normalized spacial score (nSPS) is 12.6. The van der Waals surface area contributed by atoms with Gasteiger partial charge >= 0.3 is 0 Å². The molecule has 0 aliphatic heterocycles. The van der Waals surface area contributed by atoms with Gasteiger partial charge in [-0.2, -0.15) is 0 Å². The summed E-state index contributed by atoms with van der Waals surface area (Å²) in [5, 5.41) is 0. The average Bonchev–Trinajstić information content (AvgIpc) is 2.16. The van der Waals surface area contributed by atoms with E-state index in [9.17, 15) is 0 Å². The van der Waals surface area contributed by atoms with Crippen LogP contribution in [0.1, 0.15) is 37.7 Å². The van der Waals surface area contributed by atoms with Gasteiger partial charge in [0.1, 0.15) is 5.82 Å². The molecule has 0 spiro atoms. The molecule has 0 fully saturated rings. The van der Waals surface area contributed by atoms with Crippen molar-refractivity contribution in [2.75, 3.05) is 12.8 Å². The molecule has 78 valence electrons. The topological polar surface area (TPSA) is 61.0 Å². The van der Waals surface area contributed by atoms with Crippen LogP contribution in [0.25, 0.3) is 0 Å². The van der Waals surface area contributed by atoms with E-state index in [-0.39, 0.29) is 0 Å². The molecule has 1 aromatic rings. The first-order valence-corrected chi connectivity index (χ1v) is 4.78. The number of ether oxygens (including phenoxy) is 1. The lowest BCUT2D eigenvalue weighted by Gasteiger charge is -2.12. The SMILES string of the molecule is CCC(C)c1nc(C)c(OC)c(N)n1. The van der Waals surface area contributed by atoms with Crippen molar-refractivity contribution in [3.05, 3.63) is 11.5 Å². The number of hydrogen-bond donors (Lipinski definition) is 1. The highest BCUT2D eigenvalue weighted by Gasteiger charge is 2.12. The van der Waals surface area contributed by atoms with Crippen LogP contribution in [-0.2, 0) is 0 Å². The van der Waals surface area contributed by atoms with Gasteiger partial charge in [-0.25, -0.2) is 9.97 Å². The summed E-state index contributed by atoms with van der Waals surface area (Å²) in [5.41, 5.74) is 6.55. The monoisotopic (exact) mass is 195 g/mol. The highest BCUT2D eigenvalue weighted by molar-refractivity contribution is 5.48. The number of nitrogens with zero attached hydrogens (tertiary/aromatic N) is 2. The van der Waals surface area contributed by atoms with E-state index in [1.165, 1.54) is 0 Å². The molecule has 4 heteroatoms. The fourth-order valence-electron chi connectivity index (χ4n) is 1.26. The molecule has 0 saturated heterocycles. The third kappa shape index (κ3) is 1.95. The Labute approximate surface area is 84.5 Å². The van der Waals surface area contributed by atoms with Crippen LogP contribution in [0.4, 0.5) is 5.82 Å². The van der Waals surface area contributed by atoms with Crippen molar-refractivity contribution in [2.24, 2.45) is 0 Å². The second-order valence-corrected chi connectivity index (χ2v) is 3.40. The van der Waals surface area contributed by atoms with Gasteiger partial charge in [0.25, 0.3) is 0 Å². The van der Waals surface area contributed by atoms with E-state index < -0.39 is 0 Å². The van der Waals surface area contributed by atoms with Gasteiger partial charge in [-0.3, -0.25) is 0 Å². The first-order chi connectivity index (χ1) is 6.60. The summed E-state index contributed by atoms with van der Waals surface area (Å²) in [7, 11) is 1.57. The van der Waals surface area contributed by atoms with E-state index in [0.717, 1.165) is 17.9 Å². The van der Waals surface area contributed by atoms with Crippen LogP contribution in [-0.4, -0.2) is 17.1 Å². The molecule has 0 saturated carbocycles. The second kappa shape index (κ2) is 4.26. The van der Waals surface area contributed by atoms with Crippen LogP contribution in [0.2, 0.25) is 0 Å². The van der Waals surface area contributed by atoms with Crippen LogP contribution in [0, 0.1) is 6.92 Å². The van der Waals surface area contributed by atoms with E-state index in [0.29, 0.717) is 17.5 Å². The maximum atomic E-state index is 5.75. The quantitative estimate of drug-likeness (QED) is 0.800. The summed E-state index contributed by atoms with van der Waals surface area (Å²) in [4.78, 5) is 8.58. The molecule has 1 heterocycles. The van der Waals surface area contributed by atoms with Crippen molar-refractivity contribution < 1.29 is 4.74 Å². The van der Waals surface area contributed by atoms with Crippen molar-refractivity contribution in [1.29, 1.82) is 0 Å².